The number of fused-ring (bicyclic) bond motifs is 1. The Morgan fingerprint density at radius 3 is 2.72 bits per heavy atom. The van der Waals surface area contributed by atoms with Crippen molar-refractivity contribution < 1.29 is 4.79 Å². The average Bonchev–Trinajstić information content (AvgIpc) is 3.14. The number of hydrogen-bond donors (Lipinski definition) is 0. The lowest BCUT2D eigenvalue weighted by atomic mass is 10.0. The third-order valence-electron chi connectivity index (χ3n) is 4.61. The Balaban J connectivity index is 1.97. The minimum absolute atomic E-state index is 0.220. The number of hydrogen-bond acceptors (Lipinski definition) is 5. The number of rotatable bonds is 5. The molecule has 0 N–H and O–H groups in total. The van der Waals surface area contributed by atoms with Gasteiger partial charge in [-0.05, 0) is 19.1 Å². The lowest BCUT2D eigenvalue weighted by molar-refractivity contribution is -0.132. The molecule has 8 heteroatoms. The van der Waals surface area contributed by atoms with Crippen LogP contribution in [0.5, 0.6) is 0 Å². The molecule has 136 valence electrons. The molecule has 7 nitrogen and oxygen atoms in total. The largest absolute Gasteiger partial charge is 0.338 e. The highest BCUT2D eigenvalue weighted by molar-refractivity contribution is 7.98. The van der Waals surface area contributed by atoms with Crippen LogP contribution in [0.3, 0.4) is 0 Å². The summed E-state index contributed by atoms with van der Waals surface area (Å²) in [6, 6.07) is 0. The quantitative estimate of drug-likeness (QED) is 0.764. The molecule has 0 radical (unpaired) electrons. The molecule has 1 aliphatic rings. The van der Waals surface area contributed by atoms with E-state index in [0.717, 1.165) is 41.7 Å². The molecule has 3 rings (SSSR count). The summed E-state index contributed by atoms with van der Waals surface area (Å²) < 4.78 is 4.02. The van der Waals surface area contributed by atoms with E-state index >= 15 is 0 Å². The van der Waals surface area contributed by atoms with Gasteiger partial charge in [-0.15, -0.1) is 10.2 Å². The van der Waals surface area contributed by atoms with E-state index in [4.69, 9.17) is 5.10 Å². The predicted molar refractivity (Wildman–Crippen MR) is 98.3 cm³/mol. The van der Waals surface area contributed by atoms with Crippen molar-refractivity contribution >= 4 is 17.7 Å². The summed E-state index contributed by atoms with van der Waals surface area (Å²) in [4.78, 5) is 14.5. The van der Waals surface area contributed by atoms with E-state index in [1.165, 1.54) is 5.69 Å². The average molecular weight is 363 g/mol. The van der Waals surface area contributed by atoms with E-state index in [2.05, 4.69) is 35.5 Å². The van der Waals surface area contributed by atoms with Gasteiger partial charge in [0.25, 0.3) is 0 Å². The van der Waals surface area contributed by atoms with E-state index in [1.807, 2.05) is 22.9 Å². The van der Waals surface area contributed by atoms with E-state index in [-0.39, 0.29) is 5.91 Å². The third kappa shape index (κ3) is 3.31. The molecule has 3 heterocycles. The highest BCUT2D eigenvalue weighted by Crippen LogP contribution is 2.30. The van der Waals surface area contributed by atoms with Gasteiger partial charge in [0.15, 0.2) is 11.0 Å². The van der Waals surface area contributed by atoms with Crippen LogP contribution in [0.15, 0.2) is 5.16 Å². The second-order valence-corrected chi connectivity index (χ2v) is 7.59. The Hall–Kier alpha value is -1.83. The van der Waals surface area contributed by atoms with Crippen molar-refractivity contribution in [2.45, 2.75) is 51.9 Å². The molecule has 0 unspecified atom stereocenters. The summed E-state index contributed by atoms with van der Waals surface area (Å²) in [5.41, 5.74) is 3.16. The van der Waals surface area contributed by atoms with Crippen molar-refractivity contribution in [1.29, 1.82) is 0 Å². The van der Waals surface area contributed by atoms with Gasteiger partial charge in [0.2, 0.25) is 5.91 Å². The minimum Gasteiger partial charge on any atom is -0.338 e. The summed E-state index contributed by atoms with van der Waals surface area (Å²) in [5.74, 6) is 1.38. The molecule has 0 aliphatic carbocycles. The van der Waals surface area contributed by atoms with E-state index < -0.39 is 0 Å². The van der Waals surface area contributed by atoms with Gasteiger partial charge in [-0.1, -0.05) is 25.6 Å². The zero-order valence-corrected chi connectivity index (χ0v) is 16.4. The Bertz CT molecular complexity index is 778. The summed E-state index contributed by atoms with van der Waals surface area (Å²) in [6.45, 7) is 8.40. The molecule has 1 aliphatic heterocycles. The molecule has 1 amide bonds. The van der Waals surface area contributed by atoms with Crippen molar-refractivity contribution in [3.63, 3.8) is 0 Å². The number of carbonyl (C=O) groups excluding carboxylic acids is 1. The highest BCUT2D eigenvalue weighted by Gasteiger charge is 2.29. The SMILES string of the molecule is CCn1c(SC)nnc1-c1nn(C)c2c1CN(C(=O)CC(C)C)CC2. The topological polar surface area (TPSA) is 68.8 Å². The van der Waals surface area contributed by atoms with Crippen molar-refractivity contribution in [2.24, 2.45) is 13.0 Å². The number of carbonyl (C=O) groups is 1. The first-order chi connectivity index (χ1) is 12.0. The van der Waals surface area contributed by atoms with Crippen molar-refractivity contribution in [3.8, 4) is 11.5 Å². The molecule has 2 aromatic heterocycles. The van der Waals surface area contributed by atoms with Crippen LogP contribution in [0, 0.1) is 5.92 Å². The lowest BCUT2D eigenvalue weighted by Gasteiger charge is -2.28. The van der Waals surface area contributed by atoms with Gasteiger partial charge in [0, 0.05) is 50.8 Å². The first kappa shape index (κ1) is 18.0. The van der Waals surface area contributed by atoms with Gasteiger partial charge in [-0.2, -0.15) is 5.10 Å². The number of thioether (sulfide) groups is 1. The molecule has 0 atom stereocenters. The first-order valence-electron chi connectivity index (χ1n) is 8.76. The van der Waals surface area contributed by atoms with Crippen LogP contribution in [-0.2, 0) is 31.4 Å². The zero-order valence-electron chi connectivity index (χ0n) is 15.6. The van der Waals surface area contributed by atoms with Gasteiger partial charge in [0.05, 0.1) is 0 Å². The maximum absolute atomic E-state index is 12.5. The summed E-state index contributed by atoms with van der Waals surface area (Å²) >= 11 is 1.58. The smallest absolute Gasteiger partial charge is 0.223 e. The monoisotopic (exact) mass is 362 g/mol. The fraction of sp³-hybridized carbons (Fsp3) is 0.647. The molecule has 0 bridgehead atoms. The molecule has 0 fully saturated rings. The van der Waals surface area contributed by atoms with E-state index in [1.54, 1.807) is 11.8 Å². The van der Waals surface area contributed by atoms with Crippen LogP contribution in [0.25, 0.3) is 11.5 Å². The molecule has 25 heavy (non-hydrogen) atoms. The maximum Gasteiger partial charge on any atom is 0.223 e. The highest BCUT2D eigenvalue weighted by atomic mass is 32.2. The van der Waals surface area contributed by atoms with Gasteiger partial charge in [0.1, 0.15) is 5.69 Å². The zero-order chi connectivity index (χ0) is 18.1. The molecule has 0 saturated carbocycles. The second kappa shape index (κ2) is 7.19. The number of aryl methyl sites for hydroxylation is 1. The van der Waals surface area contributed by atoms with Gasteiger partial charge < -0.3 is 9.47 Å². The Morgan fingerprint density at radius 2 is 2.08 bits per heavy atom. The molecular formula is C17H26N6OS. The van der Waals surface area contributed by atoms with Crippen molar-refractivity contribution in [2.75, 3.05) is 12.8 Å². The first-order valence-corrected chi connectivity index (χ1v) is 9.98. The van der Waals surface area contributed by atoms with Crippen LogP contribution in [0.2, 0.25) is 0 Å². The Kier molecular flexibility index (Phi) is 5.17. The number of amides is 1. The second-order valence-electron chi connectivity index (χ2n) is 6.82. The number of aromatic nitrogens is 5. The minimum atomic E-state index is 0.220. The van der Waals surface area contributed by atoms with Crippen LogP contribution in [0.1, 0.15) is 38.4 Å². The van der Waals surface area contributed by atoms with Crippen LogP contribution in [0.4, 0.5) is 0 Å². The van der Waals surface area contributed by atoms with Gasteiger partial charge in [-0.25, -0.2) is 0 Å². The predicted octanol–water partition coefficient (Wildman–Crippen LogP) is 2.35. The fourth-order valence-corrected chi connectivity index (χ4v) is 3.92. The molecule has 0 saturated heterocycles. The van der Waals surface area contributed by atoms with Crippen molar-refractivity contribution in [3.05, 3.63) is 11.3 Å². The molecule has 0 spiro atoms. The van der Waals surface area contributed by atoms with E-state index in [9.17, 15) is 4.79 Å². The van der Waals surface area contributed by atoms with Crippen LogP contribution in [-0.4, -0.2) is 48.2 Å². The van der Waals surface area contributed by atoms with Crippen molar-refractivity contribution in [1.82, 2.24) is 29.4 Å². The standard InChI is InChI=1S/C17H26N6OS/c1-6-23-16(18-19-17(23)25-5)15-12-10-22(14(24)9-11(2)3)8-7-13(12)21(4)20-15/h11H,6-10H2,1-5H3. The summed E-state index contributed by atoms with van der Waals surface area (Å²) in [7, 11) is 1.97. The lowest BCUT2D eigenvalue weighted by Crippen LogP contribution is -2.36. The van der Waals surface area contributed by atoms with Gasteiger partial charge >= 0.3 is 0 Å². The van der Waals surface area contributed by atoms with Gasteiger partial charge in [-0.3, -0.25) is 9.48 Å². The summed E-state index contributed by atoms with van der Waals surface area (Å²) in [6.07, 6.45) is 3.42. The molecule has 0 aromatic carbocycles. The Labute approximate surface area is 152 Å². The van der Waals surface area contributed by atoms with E-state index in [0.29, 0.717) is 18.9 Å². The van der Waals surface area contributed by atoms with Crippen LogP contribution >= 0.6 is 11.8 Å². The fourth-order valence-electron chi connectivity index (χ4n) is 3.36. The third-order valence-corrected chi connectivity index (χ3v) is 5.27. The van der Waals surface area contributed by atoms with Crippen LogP contribution < -0.4 is 0 Å². The molecular weight excluding hydrogens is 336 g/mol. The normalized spacial score (nSPS) is 14.2. The maximum atomic E-state index is 12.5. The number of nitrogens with zero attached hydrogens (tertiary/aromatic N) is 6. The Morgan fingerprint density at radius 1 is 1.32 bits per heavy atom. The molecule has 2 aromatic rings. The summed E-state index contributed by atoms with van der Waals surface area (Å²) in [5, 5.41) is 14.3.